The Balaban J connectivity index is 2.67. The quantitative estimate of drug-likeness (QED) is 0.776. The lowest BCUT2D eigenvalue weighted by Gasteiger charge is -2.30. The third-order valence-electron chi connectivity index (χ3n) is 3.41. The number of carboxylic acids is 1. The number of carboxylic acid groups (broad SMARTS) is 1. The molecule has 0 heterocycles. The van der Waals surface area contributed by atoms with Crippen molar-refractivity contribution in [3.63, 3.8) is 0 Å². The lowest BCUT2D eigenvalue weighted by Crippen LogP contribution is -2.53. The summed E-state index contributed by atoms with van der Waals surface area (Å²) in [7, 11) is 0. The summed E-state index contributed by atoms with van der Waals surface area (Å²) in [5, 5.41) is 11.8. The van der Waals surface area contributed by atoms with Crippen LogP contribution in [0.25, 0.3) is 0 Å². The number of carbonyl (C=O) groups is 3. The molecule has 6 nitrogen and oxygen atoms in total. The van der Waals surface area contributed by atoms with E-state index in [2.05, 4.69) is 5.32 Å². The highest BCUT2D eigenvalue weighted by molar-refractivity contribution is 5.90. The third-order valence-corrected chi connectivity index (χ3v) is 3.41. The minimum absolute atomic E-state index is 0.00873. The van der Waals surface area contributed by atoms with E-state index in [9.17, 15) is 14.4 Å². The van der Waals surface area contributed by atoms with Gasteiger partial charge in [-0.3, -0.25) is 9.59 Å². The summed E-state index contributed by atoms with van der Waals surface area (Å²) in [6.45, 7) is 8.95. The number of hydrogen-bond donors (Lipinski definition) is 2. The second kappa shape index (κ2) is 6.45. The van der Waals surface area contributed by atoms with Gasteiger partial charge in [0.25, 0.3) is 0 Å². The van der Waals surface area contributed by atoms with E-state index >= 15 is 0 Å². The lowest BCUT2D eigenvalue weighted by atomic mass is 9.92. The van der Waals surface area contributed by atoms with E-state index < -0.39 is 18.1 Å². The van der Waals surface area contributed by atoms with Gasteiger partial charge in [-0.05, 0) is 32.1 Å². The van der Waals surface area contributed by atoms with Gasteiger partial charge in [0, 0.05) is 12.5 Å². The molecule has 21 heavy (non-hydrogen) atoms. The zero-order valence-electron chi connectivity index (χ0n) is 13.5. The Bertz CT molecular complexity index is 424. The average Bonchev–Trinajstić information content (AvgIpc) is 3.10. The van der Waals surface area contributed by atoms with Gasteiger partial charge in [-0.2, -0.15) is 0 Å². The Kier molecular flexibility index (Phi) is 5.36. The van der Waals surface area contributed by atoms with Gasteiger partial charge in [-0.25, -0.2) is 4.79 Å². The highest BCUT2D eigenvalue weighted by Gasteiger charge is 2.40. The highest BCUT2D eigenvalue weighted by Crippen LogP contribution is 2.29. The maximum absolute atomic E-state index is 12.4. The van der Waals surface area contributed by atoms with Gasteiger partial charge in [-0.1, -0.05) is 20.8 Å². The topological polar surface area (TPSA) is 86.7 Å². The van der Waals surface area contributed by atoms with Crippen molar-refractivity contribution >= 4 is 17.8 Å². The molecule has 0 aliphatic heterocycles. The van der Waals surface area contributed by atoms with Gasteiger partial charge in [-0.15, -0.1) is 0 Å². The molecule has 2 unspecified atom stereocenters. The molecule has 120 valence electrons. The molecular formula is C15H26N2O4. The largest absolute Gasteiger partial charge is 0.480 e. The lowest BCUT2D eigenvalue weighted by molar-refractivity contribution is -0.151. The molecule has 0 spiro atoms. The van der Waals surface area contributed by atoms with Gasteiger partial charge in [0.05, 0.1) is 0 Å². The van der Waals surface area contributed by atoms with Gasteiger partial charge < -0.3 is 15.3 Å². The molecule has 0 aromatic rings. The van der Waals surface area contributed by atoms with Gasteiger partial charge in [0.1, 0.15) is 12.1 Å². The van der Waals surface area contributed by atoms with Crippen LogP contribution in [-0.2, 0) is 14.4 Å². The molecule has 1 saturated carbocycles. The molecular weight excluding hydrogens is 272 g/mol. The van der Waals surface area contributed by atoms with Crippen LogP contribution in [0.2, 0.25) is 0 Å². The average molecular weight is 298 g/mol. The summed E-state index contributed by atoms with van der Waals surface area (Å²) >= 11 is 0. The molecule has 0 aromatic heterocycles. The number of nitrogens with one attached hydrogen (secondary N) is 1. The zero-order chi connectivity index (χ0) is 16.4. The highest BCUT2D eigenvalue weighted by atomic mass is 16.4. The predicted molar refractivity (Wildman–Crippen MR) is 78.6 cm³/mol. The molecule has 1 fully saturated rings. The molecule has 1 rings (SSSR count). The van der Waals surface area contributed by atoms with E-state index in [1.54, 1.807) is 6.92 Å². The first-order valence-electron chi connectivity index (χ1n) is 7.37. The van der Waals surface area contributed by atoms with Crippen molar-refractivity contribution in [1.82, 2.24) is 10.2 Å². The van der Waals surface area contributed by atoms with Crippen molar-refractivity contribution in [1.29, 1.82) is 0 Å². The predicted octanol–water partition coefficient (Wildman–Crippen LogP) is 1.39. The van der Waals surface area contributed by atoms with E-state index in [1.165, 1.54) is 11.8 Å². The fraction of sp³-hybridized carbons (Fsp3) is 0.800. The van der Waals surface area contributed by atoms with Crippen LogP contribution in [0.3, 0.4) is 0 Å². The Labute approximate surface area is 125 Å². The van der Waals surface area contributed by atoms with E-state index in [4.69, 9.17) is 5.11 Å². The second-order valence-electron chi connectivity index (χ2n) is 7.02. The van der Waals surface area contributed by atoms with Gasteiger partial charge >= 0.3 is 5.97 Å². The van der Waals surface area contributed by atoms with Crippen LogP contribution in [0.1, 0.15) is 53.9 Å². The number of carbonyl (C=O) groups excluding carboxylic acids is 2. The Hall–Kier alpha value is -1.59. The summed E-state index contributed by atoms with van der Waals surface area (Å²) in [6.07, 6.45) is 1.97. The minimum atomic E-state index is -1.02. The van der Waals surface area contributed by atoms with Crippen molar-refractivity contribution < 1.29 is 19.5 Å². The second-order valence-corrected chi connectivity index (χ2v) is 7.02. The van der Waals surface area contributed by atoms with Crippen LogP contribution < -0.4 is 5.32 Å². The summed E-state index contributed by atoms with van der Waals surface area (Å²) in [6, 6.07) is -1.58. The molecule has 0 bridgehead atoms. The fourth-order valence-corrected chi connectivity index (χ4v) is 2.22. The molecule has 2 amide bonds. The molecule has 2 N–H and O–H groups in total. The smallest absolute Gasteiger partial charge is 0.326 e. The Morgan fingerprint density at radius 2 is 1.76 bits per heavy atom. The van der Waals surface area contributed by atoms with E-state index in [0.717, 1.165) is 12.8 Å². The van der Waals surface area contributed by atoms with Crippen LogP contribution in [0, 0.1) is 5.41 Å². The molecule has 1 aliphatic rings. The zero-order valence-corrected chi connectivity index (χ0v) is 13.5. The van der Waals surface area contributed by atoms with Crippen LogP contribution in [0.5, 0.6) is 0 Å². The minimum Gasteiger partial charge on any atom is -0.480 e. The Morgan fingerprint density at radius 1 is 1.24 bits per heavy atom. The number of amides is 2. The van der Waals surface area contributed by atoms with Crippen molar-refractivity contribution in [2.24, 2.45) is 5.41 Å². The summed E-state index contributed by atoms with van der Waals surface area (Å²) in [5.74, 6) is -1.54. The number of rotatable bonds is 6. The Morgan fingerprint density at radius 3 is 2.14 bits per heavy atom. The van der Waals surface area contributed by atoms with Crippen LogP contribution in [0.4, 0.5) is 0 Å². The van der Waals surface area contributed by atoms with Crippen LogP contribution >= 0.6 is 0 Å². The number of hydrogen-bond acceptors (Lipinski definition) is 3. The molecule has 0 radical (unpaired) electrons. The monoisotopic (exact) mass is 298 g/mol. The summed E-state index contributed by atoms with van der Waals surface area (Å²) in [4.78, 5) is 36.8. The SMILES string of the molecule is CC(NC(=O)CC(C)(C)C)C(=O)N(C1CC1)C(C)C(=O)O. The summed E-state index contributed by atoms with van der Waals surface area (Å²) < 4.78 is 0. The van der Waals surface area contributed by atoms with Crippen molar-refractivity contribution in [2.45, 2.75) is 72.0 Å². The van der Waals surface area contributed by atoms with Crippen molar-refractivity contribution in [2.75, 3.05) is 0 Å². The first-order chi connectivity index (χ1) is 9.53. The summed E-state index contributed by atoms with van der Waals surface area (Å²) in [5.41, 5.74) is -0.155. The van der Waals surface area contributed by atoms with Gasteiger partial charge in [0.15, 0.2) is 0 Å². The van der Waals surface area contributed by atoms with E-state index in [-0.39, 0.29) is 23.3 Å². The number of aliphatic carboxylic acids is 1. The fourth-order valence-electron chi connectivity index (χ4n) is 2.22. The standard InChI is InChI=1S/C15H26N2O4/c1-9(16-12(18)8-15(3,4)5)13(19)17(11-6-7-11)10(2)14(20)21/h9-11H,6-8H2,1-5H3,(H,16,18)(H,20,21). The van der Waals surface area contributed by atoms with Crippen molar-refractivity contribution in [3.05, 3.63) is 0 Å². The van der Waals surface area contributed by atoms with Crippen LogP contribution in [-0.4, -0.2) is 45.9 Å². The van der Waals surface area contributed by atoms with Crippen LogP contribution in [0.15, 0.2) is 0 Å². The van der Waals surface area contributed by atoms with E-state index in [0.29, 0.717) is 6.42 Å². The third kappa shape index (κ3) is 5.36. The molecule has 0 saturated heterocycles. The maximum atomic E-state index is 12.4. The first kappa shape index (κ1) is 17.5. The first-order valence-corrected chi connectivity index (χ1v) is 7.37. The molecule has 1 aliphatic carbocycles. The van der Waals surface area contributed by atoms with E-state index in [1.807, 2.05) is 20.8 Å². The van der Waals surface area contributed by atoms with Gasteiger partial charge in [0.2, 0.25) is 11.8 Å². The maximum Gasteiger partial charge on any atom is 0.326 e. The molecule has 2 atom stereocenters. The number of nitrogens with zero attached hydrogens (tertiary/aromatic N) is 1. The normalized spacial score (nSPS) is 17.8. The molecule has 0 aromatic carbocycles. The molecule has 6 heteroatoms. The van der Waals surface area contributed by atoms with Crippen molar-refractivity contribution in [3.8, 4) is 0 Å².